The molecule has 0 aromatic heterocycles. The molecule has 0 amide bonds. The van der Waals surface area contributed by atoms with Crippen LogP contribution in [0.4, 0.5) is 0 Å². The Kier molecular flexibility index (Phi) is 4.31. The van der Waals surface area contributed by atoms with Gasteiger partial charge in [0.1, 0.15) is 11.5 Å². The van der Waals surface area contributed by atoms with Crippen molar-refractivity contribution in [3.8, 4) is 11.5 Å². The molecule has 1 nitrogen and oxygen atoms in total. The average molecular weight is 326 g/mol. The van der Waals surface area contributed by atoms with Crippen LogP contribution < -0.4 is 4.74 Å². The van der Waals surface area contributed by atoms with Crippen molar-refractivity contribution in [2.45, 2.75) is 19.7 Å². The molecule has 2 rings (SSSR count). The number of rotatable bonds is 3. The third-order valence-corrected chi connectivity index (χ3v) is 3.57. The number of ether oxygens (including phenoxy) is 1. The first-order valence-corrected chi connectivity index (χ1v) is 7.02. The first-order chi connectivity index (χ1) is 8.60. The Balaban J connectivity index is 2.31. The van der Waals surface area contributed by atoms with Crippen LogP contribution in [0.1, 0.15) is 16.7 Å². The van der Waals surface area contributed by atoms with Gasteiger partial charge in [0, 0.05) is 10.4 Å². The van der Waals surface area contributed by atoms with E-state index < -0.39 is 0 Å². The highest BCUT2D eigenvalue weighted by molar-refractivity contribution is 9.10. The van der Waals surface area contributed by atoms with Gasteiger partial charge in [-0.3, -0.25) is 0 Å². The molecular weight excluding hydrogens is 312 g/mol. The van der Waals surface area contributed by atoms with Crippen LogP contribution in [0.2, 0.25) is 0 Å². The Bertz CT molecular complexity index is 566. The minimum Gasteiger partial charge on any atom is -0.457 e. The topological polar surface area (TPSA) is 9.23 Å². The summed E-state index contributed by atoms with van der Waals surface area (Å²) < 4.78 is 6.96. The van der Waals surface area contributed by atoms with E-state index in [4.69, 9.17) is 16.3 Å². The molecule has 0 fully saturated rings. The van der Waals surface area contributed by atoms with Crippen LogP contribution in [0.3, 0.4) is 0 Å². The van der Waals surface area contributed by atoms with Gasteiger partial charge in [-0.1, -0.05) is 34.1 Å². The van der Waals surface area contributed by atoms with Gasteiger partial charge in [0.05, 0.1) is 0 Å². The zero-order chi connectivity index (χ0) is 13.1. The van der Waals surface area contributed by atoms with E-state index in [-0.39, 0.29) is 0 Å². The second kappa shape index (κ2) is 5.77. The molecule has 0 unspecified atom stereocenters. The second-order valence-electron chi connectivity index (χ2n) is 4.25. The van der Waals surface area contributed by atoms with E-state index in [0.717, 1.165) is 32.7 Å². The minimum absolute atomic E-state index is 0.525. The summed E-state index contributed by atoms with van der Waals surface area (Å²) in [6, 6.07) is 12.0. The van der Waals surface area contributed by atoms with E-state index in [1.54, 1.807) is 0 Å². The van der Waals surface area contributed by atoms with Crippen LogP contribution in [0.25, 0.3) is 0 Å². The van der Waals surface area contributed by atoms with Gasteiger partial charge in [0.15, 0.2) is 0 Å². The summed E-state index contributed by atoms with van der Waals surface area (Å²) in [6.45, 7) is 4.06. The van der Waals surface area contributed by atoms with Gasteiger partial charge in [-0.2, -0.15) is 0 Å². The van der Waals surface area contributed by atoms with E-state index in [0.29, 0.717) is 5.88 Å². The van der Waals surface area contributed by atoms with E-state index >= 15 is 0 Å². The molecule has 0 aliphatic heterocycles. The Hall–Kier alpha value is -0.990. The summed E-state index contributed by atoms with van der Waals surface area (Å²) in [7, 11) is 0. The SMILES string of the molecule is Cc1cc(CCl)ccc1Oc1cc(Br)ccc1C. The van der Waals surface area contributed by atoms with Gasteiger partial charge >= 0.3 is 0 Å². The highest BCUT2D eigenvalue weighted by Crippen LogP contribution is 2.30. The molecular formula is C15H14BrClO. The second-order valence-corrected chi connectivity index (χ2v) is 5.43. The normalized spacial score (nSPS) is 10.4. The molecule has 0 bridgehead atoms. The molecule has 0 heterocycles. The first kappa shape index (κ1) is 13.4. The molecule has 0 saturated heterocycles. The van der Waals surface area contributed by atoms with Gasteiger partial charge in [0.2, 0.25) is 0 Å². The monoisotopic (exact) mass is 324 g/mol. The number of hydrogen-bond acceptors (Lipinski definition) is 1. The Morgan fingerprint density at radius 2 is 1.78 bits per heavy atom. The summed E-state index contributed by atoms with van der Waals surface area (Å²) in [5.74, 6) is 2.26. The van der Waals surface area contributed by atoms with Crippen LogP contribution in [0, 0.1) is 13.8 Å². The maximum absolute atomic E-state index is 5.95. The summed E-state index contributed by atoms with van der Waals surface area (Å²) in [6.07, 6.45) is 0. The highest BCUT2D eigenvalue weighted by atomic mass is 79.9. The van der Waals surface area contributed by atoms with Crippen molar-refractivity contribution >= 4 is 27.5 Å². The summed E-state index contributed by atoms with van der Waals surface area (Å²) in [5, 5.41) is 0. The predicted octanol–water partition coefficient (Wildman–Crippen LogP) is 5.60. The van der Waals surface area contributed by atoms with Gasteiger partial charge in [0.25, 0.3) is 0 Å². The number of alkyl halides is 1. The largest absolute Gasteiger partial charge is 0.457 e. The lowest BCUT2D eigenvalue weighted by atomic mass is 10.1. The van der Waals surface area contributed by atoms with Crippen molar-refractivity contribution in [2.75, 3.05) is 0 Å². The number of halogens is 2. The third kappa shape index (κ3) is 3.06. The van der Waals surface area contributed by atoms with Crippen molar-refractivity contribution < 1.29 is 4.74 Å². The molecule has 0 atom stereocenters. The van der Waals surface area contributed by atoms with Crippen molar-refractivity contribution in [3.05, 3.63) is 57.6 Å². The fourth-order valence-electron chi connectivity index (χ4n) is 1.71. The van der Waals surface area contributed by atoms with Gasteiger partial charge in [-0.15, -0.1) is 11.6 Å². The summed E-state index contributed by atoms with van der Waals surface area (Å²) in [4.78, 5) is 0. The van der Waals surface area contributed by atoms with Crippen molar-refractivity contribution in [1.82, 2.24) is 0 Å². The highest BCUT2D eigenvalue weighted by Gasteiger charge is 2.05. The predicted molar refractivity (Wildman–Crippen MR) is 79.7 cm³/mol. The smallest absolute Gasteiger partial charge is 0.131 e. The van der Waals surface area contributed by atoms with E-state index in [1.165, 1.54) is 0 Å². The Morgan fingerprint density at radius 3 is 2.44 bits per heavy atom. The molecule has 0 saturated carbocycles. The fourth-order valence-corrected chi connectivity index (χ4v) is 2.22. The summed E-state index contributed by atoms with van der Waals surface area (Å²) in [5.41, 5.74) is 3.30. The van der Waals surface area contributed by atoms with Crippen LogP contribution in [-0.4, -0.2) is 0 Å². The van der Waals surface area contributed by atoms with Crippen LogP contribution in [0.15, 0.2) is 40.9 Å². The lowest BCUT2D eigenvalue weighted by Crippen LogP contribution is -1.91. The van der Waals surface area contributed by atoms with Crippen LogP contribution >= 0.6 is 27.5 Å². The molecule has 0 N–H and O–H groups in total. The zero-order valence-electron chi connectivity index (χ0n) is 10.3. The molecule has 0 aliphatic rings. The standard InChI is InChI=1S/C15H14BrClO/c1-10-3-5-13(16)8-15(10)18-14-6-4-12(9-17)7-11(14)2/h3-8H,9H2,1-2H3. The van der Waals surface area contributed by atoms with Gasteiger partial charge in [-0.05, 0) is 48.7 Å². The quantitative estimate of drug-likeness (QED) is 0.668. The van der Waals surface area contributed by atoms with E-state index in [1.807, 2.05) is 44.2 Å². The van der Waals surface area contributed by atoms with Crippen molar-refractivity contribution in [3.63, 3.8) is 0 Å². The van der Waals surface area contributed by atoms with Crippen LogP contribution in [-0.2, 0) is 5.88 Å². The number of hydrogen-bond donors (Lipinski definition) is 0. The van der Waals surface area contributed by atoms with E-state index in [9.17, 15) is 0 Å². The van der Waals surface area contributed by atoms with Crippen molar-refractivity contribution in [2.24, 2.45) is 0 Å². The third-order valence-electron chi connectivity index (χ3n) is 2.76. The molecule has 0 aliphatic carbocycles. The number of aryl methyl sites for hydroxylation is 2. The Labute approximate surface area is 121 Å². The molecule has 0 radical (unpaired) electrons. The molecule has 3 heteroatoms. The Morgan fingerprint density at radius 1 is 1.00 bits per heavy atom. The van der Waals surface area contributed by atoms with Gasteiger partial charge in [-0.25, -0.2) is 0 Å². The maximum atomic E-state index is 5.95. The fraction of sp³-hybridized carbons (Fsp3) is 0.200. The molecule has 94 valence electrons. The molecule has 0 spiro atoms. The lowest BCUT2D eigenvalue weighted by molar-refractivity contribution is 0.474. The molecule has 2 aromatic rings. The minimum atomic E-state index is 0.525. The summed E-state index contributed by atoms with van der Waals surface area (Å²) >= 11 is 9.26. The van der Waals surface area contributed by atoms with Gasteiger partial charge < -0.3 is 4.74 Å². The molecule has 2 aromatic carbocycles. The van der Waals surface area contributed by atoms with Crippen LogP contribution in [0.5, 0.6) is 11.5 Å². The average Bonchev–Trinajstić information content (AvgIpc) is 2.36. The molecule has 18 heavy (non-hydrogen) atoms. The number of benzene rings is 2. The maximum Gasteiger partial charge on any atom is 0.131 e. The zero-order valence-corrected chi connectivity index (χ0v) is 12.7. The van der Waals surface area contributed by atoms with E-state index in [2.05, 4.69) is 22.0 Å². The lowest BCUT2D eigenvalue weighted by Gasteiger charge is -2.12. The first-order valence-electron chi connectivity index (χ1n) is 5.69. The van der Waals surface area contributed by atoms with Crippen molar-refractivity contribution in [1.29, 1.82) is 0 Å².